The summed E-state index contributed by atoms with van der Waals surface area (Å²) in [5.41, 5.74) is 2.69. The highest BCUT2D eigenvalue weighted by Crippen LogP contribution is 2.47. The predicted octanol–water partition coefficient (Wildman–Crippen LogP) is 4.94. The number of benzene rings is 3. The maximum Gasteiger partial charge on any atom is 0.264 e. The molecule has 1 aromatic heterocycles. The van der Waals surface area contributed by atoms with Crippen molar-refractivity contribution in [3.8, 4) is 5.75 Å². The molecule has 6 rings (SSSR count). The fourth-order valence-corrected chi connectivity index (χ4v) is 6.58. The number of aromatic nitrogens is 3. The number of hydrogen-bond donors (Lipinski definition) is 2. The van der Waals surface area contributed by atoms with Crippen molar-refractivity contribution in [1.29, 1.82) is 0 Å². The molecule has 0 bridgehead atoms. The molecule has 244 valence electrons. The molecular weight excluding hydrogens is 594 g/mol. The van der Waals surface area contributed by atoms with Gasteiger partial charge in [0.05, 0.1) is 37.6 Å². The molecule has 0 radical (unpaired) electrons. The molecule has 2 N–H and O–H groups in total. The lowest BCUT2D eigenvalue weighted by Gasteiger charge is -2.28. The van der Waals surface area contributed by atoms with Gasteiger partial charge in [0.25, 0.3) is 5.91 Å². The molecule has 10 heteroatoms. The standard InChI is InChI=1S/C37H41N5O5/c1-26(11-6-8-19-40-24-33(38-39-40)31(25-43)28-13-4-3-5-14-28)37(46)32-22-30(47-2)17-18-34(32)42(36(37)45)23-27-12-10-15-29(21-27)41-20-9-7-16-35(41)44/h3-6,10-15,17-18,21-22,24,26,31,43,46H,7-9,16,19-20,23,25H2,1-2H3/b11-6+/t26-,31?,37+/m0/s1. The van der Waals surface area contributed by atoms with E-state index in [4.69, 9.17) is 4.74 Å². The number of allylic oxidation sites excluding steroid dienone is 1. The molecule has 4 aromatic rings. The number of rotatable bonds is 12. The predicted molar refractivity (Wildman–Crippen MR) is 179 cm³/mol. The van der Waals surface area contributed by atoms with Crippen molar-refractivity contribution in [1.82, 2.24) is 15.0 Å². The topological polar surface area (TPSA) is 121 Å². The quantitative estimate of drug-likeness (QED) is 0.212. The van der Waals surface area contributed by atoms with Gasteiger partial charge in [0.15, 0.2) is 5.60 Å². The summed E-state index contributed by atoms with van der Waals surface area (Å²) in [4.78, 5) is 30.1. The second-order valence-electron chi connectivity index (χ2n) is 12.3. The molecule has 0 aliphatic carbocycles. The number of aliphatic hydroxyl groups is 2. The number of piperidine rings is 1. The summed E-state index contributed by atoms with van der Waals surface area (Å²) in [6, 6.07) is 22.8. The third kappa shape index (κ3) is 6.43. The first-order valence-electron chi connectivity index (χ1n) is 16.2. The van der Waals surface area contributed by atoms with E-state index < -0.39 is 17.4 Å². The molecule has 1 saturated heterocycles. The number of amides is 2. The first-order chi connectivity index (χ1) is 22.8. The number of nitrogens with zero attached hydrogens (tertiary/aromatic N) is 5. The van der Waals surface area contributed by atoms with Crippen LogP contribution in [0.15, 0.2) is 91.1 Å². The molecule has 1 fully saturated rings. The van der Waals surface area contributed by atoms with Gasteiger partial charge in [0.2, 0.25) is 5.91 Å². The van der Waals surface area contributed by atoms with Gasteiger partial charge in [-0.05, 0) is 60.7 Å². The second-order valence-corrected chi connectivity index (χ2v) is 12.3. The number of carbonyl (C=O) groups is 2. The normalized spacial score (nSPS) is 19.3. The van der Waals surface area contributed by atoms with E-state index in [1.165, 1.54) is 0 Å². The summed E-state index contributed by atoms with van der Waals surface area (Å²) in [7, 11) is 1.56. The number of fused-ring (bicyclic) bond motifs is 1. The minimum atomic E-state index is -1.80. The van der Waals surface area contributed by atoms with Crippen LogP contribution >= 0.6 is 0 Å². The minimum absolute atomic E-state index is 0.0699. The average molecular weight is 636 g/mol. The zero-order valence-corrected chi connectivity index (χ0v) is 26.8. The van der Waals surface area contributed by atoms with Gasteiger partial charge in [-0.15, -0.1) is 5.10 Å². The van der Waals surface area contributed by atoms with Crippen LogP contribution in [0.2, 0.25) is 0 Å². The van der Waals surface area contributed by atoms with Crippen LogP contribution in [0.25, 0.3) is 0 Å². The van der Waals surface area contributed by atoms with Crippen LogP contribution in [0.4, 0.5) is 11.4 Å². The summed E-state index contributed by atoms with van der Waals surface area (Å²) in [6.45, 7) is 3.25. The first kappa shape index (κ1) is 32.2. The van der Waals surface area contributed by atoms with Crippen LogP contribution in [0, 0.1) is 5.92 Å². The van der Waals surface area contributed by atoms with Gasteiger partial charge in [-0.2, -0.15) is 0 Å². The highest BCUT2D eigenvalue weighted by molar-refractivity contribution is 6.07. The van der Waals surface area contributed by atoms with Crippen LogP contribution in [-0.2, 0) is 28.3 Å². The van der Waals surface area contributed by atoms with Gasteiger partial charge in [-0.3, -0.25) is 14.3 Å². The number of aliphatic hydroxyl groups excluding tert-OH is 1. The van der Waals surface area contributed by atoms with E-state index in [9.17, 15) is 19.8 Å². The Balaban J connectivity index is 1.17. The van der Waals surface area contributed by atoms with E-state index in [0.717, 1.165) is 29.7 Å². The van der Waals surface area contributed by atoms with Crippen molar-refractivity contribution in [2.75, 3.05) is 30.1 Å². The lowest BCUT2D eigenvalue weighted by molar-refractivity contribution is -0.139. The van der Waals surface area contributed by atoms with E-state index >= 15 is 0 Å². The molecule has 2 amide bonds. The molecule has 47 heavy (non-hydrogen) atoms. The maximum absolute atomic E-state index is 14.1. The van der Waals surface area contributed by atoms with E-state index in [2.05, 4.69) is 10.3 Å². The number of anilines is 2. The van der Waals surface area contributed by atoms with Gasteiger partial charge in [-0.25, -0.2) is 0 Å². The van der Waals surface area contributed by atoms with E-state index in [-0.39, 0.29) is 25.0 Å². The molecule has 3 atom stereocenters. The minimum Gasteiger partial charge on any atom is -0.497 e. The third-order valence-corrected chi connectivity index (χ3v) is 9.27. The first-order valence-corrected chi connectivity index (χ1v) is 16.2. The maximum atomic E-state index is 14.1. The molecule has 0 saturated carbocycles. The van der Waals surface area contributed by atoms with Crippen LogP contribution in [0.1, 0.15) is 60.9 Å². The fraction of sp³-hybridized carbons (Fsp3) is 0.351. The molecule has 2 aliphatic heterocycles. The van der Waals surface area contributed by atoms with Gasteiger partial charge in [-0.1, -0.05) is 66.8 Å². The van der Waals surface area contributed by atoms with E-state index in [1.54, 1.807) is 28.8 Å². The molecule has 3 heterocycles. The number of methoxy groups -OCH3 is 1. The largest absolute Gasteiger partial charge is 0.497 e. The zero-order valence-electron chi connectivity index (χ0n) is 26.8. The average Bonchev–Trinajstić information content (AvgIpc) is 3.65. The van der Waals surface area contributed by atoms with E-state index in [1.807, 2.05) is 90.8 Å². The van der Waals surface area contributed by atoms with Gasteiger partial charge < -0.3 is 24.7 Å². The Morgan fingerprint density at radius 2 is 1.87 bits per heavy atom. The monoisotopic (exact) mass is 635 g/mol. The summed E-state index contributed by atoms with van der Waals surface area (Å²) in [5.74, 6) is -0.542. The summed E-state index contributed by atoms with van der Waals surface area (Å²) in [6.07, 6.45) is 8.67. The zero-order chi connectivity index (χ0) is 33.0. The van der Waals surface area contributed by atoms with Gasteiger partial charge in [0, 0.05) is 42.9 Å². The summed E-state index contributed by atoms with van der Waals surface area (Å²) in [5, 5.41) is 30.7. The summed E-state index contributed by atoms with van der Waals surface area (Å²) < 4.78 is 7.20. The SMILES string of the molecule is COc1ccc2c(c1)[C@](O)([C@@H](C)/C=C/CCn1cc(C(CO)c3ccccc3)nn1)C(=O)N2Cc1cccc(N2CCCCC2=O)c1. The Hall–Kier alpha value is -4.80. The van der Waals surface area contributed by atoms with Crippen molar-refractivity contribution in [3.05, 3.63) is 114 Å². The number of carbonyl (C=O) groups excluding carboxylic acids is 2. The Bertz CT molecular complexity index is 1750. The Kier molecular flexibility index (Phi) is 9.51. The number of aryl methyl sites for hydroxylation is 1. The van der Waals surface area contributed by atoms with Crippen molar-refractivity contribution >= 4 is 23.2 Å². The molecule has 2 aliphatic rings. The van der Waals surface area contributed by atoms with Gasteiger partial charge in [0.1, 0.15) is 5.75 Å². The molecule has 1 unspecified atom stereocenters. The Morgan fingerprint density at radius 3 is 2.64 bits per heavy atom. The van der Waals surface area contributed by atoms with Crippen LogP contribution in [0.5, 0.6) is 5.75 Å². The molecule has 3 aromatic carbocycles. The lowest BCUT2D eigenvalue weighted by Crippen LogP contribution is -2.44. The molecular formula is C37H41N5O5. The molecule has 0 spiro atoms. The van der Waals surface area contributed by atoms with E-state index in [0.29, 0.717) is 48.6 Å². The Morgan fingerprint density at radius 1 is 1.04 bits per heavy atom. The van der Waals surface area contributed by atoms with Crippen molar-refractivity contribution < 1.29 is 24.5 Å². The van der Waals surface area contributed by atoms with Crippen molar-refractivity contribution in [2.24, 2.45) is 5.92 Å². The molecule has 10 nitrogen and oxygen atoms in total. The summed E-state index contributed by atoms with van der Waals surface area (Å²) >= 11 is 0. The number of ether oxygens (including phenoxy) is 1. The highest BCUT2D eigenvalue weighted by atomic mass is 16.5. The smallest absolute Gasteiger partial charge is 0.264 e. The van der Waals surface area contributed by atoms with Crippen LogP contribution in [-0.4, -0.2) is 57.3 Å². The second kappa shape index (κ2) is 13.9. The van der Waals surface area contributed by atoms with Crippen molar-refractivity contribution in [2.45, 2.75) is 57.2 Å². The van der Waals surface area contributed by atoms with Crippen LogP contribution in [0.3, 0.4) is 0 Å². The Labute approximate surface area is 274 Å². The van der Waals surface area contributed by atoms with Crippen molar-refractivity contribution in [3.63, 3.8) is 0 Å². The van der Waals surface area contributed by atoms with Gasteiger partial charge >= 0.3 is 0 Å². The highest BCUT2D eigenvalue weighted by Gasteiger charge is 2.52. The third-order valence-electron chi connectivity index (χ3n) is 9.27. The number of hydrogen-bond acceptors (Lipinski definition) is 7. The van der Waals surface area contributed by atoms with Crippen LogP contribution < -0.4 is 14.5 Å². The lowest BCUT2D eigenvalue weighted by atomic mass is 9.83. The fourth-order valence-electron chi connectivity index (χ4n) is 6.58.